The molecule has 166 valence electrons. The third-order valence-corrected chi connectivity index (χ3v) is 7.24. The summed E-state index contributed by atoms with van der Waals surface area (Å²) in [6.45, 7) is 9.00. The summed E-state index contributed by atoms with van der Waals surface area (Å²) < 4.78 is 32.5. The number of piperidine rings is 1. The lowest BCUT2D eigenvalue weighted by Crippen LogP contribution is -2.46. The lowest BCUT2D eigenvalue weighted by molar-refractivity contribution is 0.0175. The molecule has 0 spiro atoms. The first kappa shape index (κ1) is 22.7. The second kappa shape index (κ2) is 9.47. The average Bonchev–Trinajstić information content (AvgIpc) is 2.66. The van der Waals surface area contributed by atoms with E-state index >= 15 is 0 Å². The minimum atomic E-state index is -3.30. The molecule has 0 amide bonds. The summed E-state index contributed by atoms with van der Waals surface area (Å²) >= 11 is 0. The SMILES string of the molecule is CC(C)(O)CN1CCC(COC2=CCC(C3=CCNCC3)N(S(C)(=O)=O)C2)CC1. The van der Waals surface area contributed by atoms with Crippen LogP contribution in [0, 0.1) is 5.92 Å². The summed E-state index contributed by atoms with van der Waals surface area (Å²) in [6.07, 6.45) is 9.17. The van der Waals surface area contributed by atoms with Gasteiger partial charge in [0.1, 0.15) is 5.76 Å². The van der Waals surface area contributed by atoms with Gasteiger partial charge in [-0.2, -0.15) is 4.31 Å². The molecule has 29 heavy (non-hydrogen) atoms. The number of aliphatic hydroxyl groups is 1. The molecule has 0 aromatic rings. The van der Waals surface area contributed by atoms with Gasteiger partial charge in [-0.25, -0.2) is 8.42 Å². The lowest BCUT2D eigenvalue weighted by atomic mass is 9.95. The van der Waals surface area contributed by atoms with Crippen molar-refractivity contribution in [2.45, 2.75) is 51.2 Å². The van der Waals surface area contributed by atoms with Crippen LogP contribution in [0.25, 0.3) is 0 Å². The van der Waals surface area contributed by atoms with Crippen molar-refractivity contribution in [1.29, 1.82) is 0 Å². The summed E-state index contributed by atoms with van der Waals surface area (Å²) in [5, 5.41) is 13.3. The highest BCUT2D eigenvalue weighted by atomic mass is 32.2. The minimum Gasteiger partial charge on any atom is -0.497 e. The zero-order chi connectivity index (χ0) is 21.1. The van der Waals surface area contributed by atoms with E-state index in [0.29, 0.717) is 32.0 Å². The Balaban J connectivity index is 1.53. The second-order valence-electron chi connectivity index (χ2n) is 9.31. The summed E-state index contributed by atoms with van der Waals surface area (Å²) in [6, 6.07) is -0.0791. The maximum absolute atomic E-state index is 12.4. The predicted octanol–water partition coefficient (Wildman–Crippen LogP) is 1.32. The van der Waals surface area contributed by atoms with E-state index in [1.54, 1.807) is 4.31 Å². The van der Waals surface area contributed by atoms with Crippen molar-refractivity contribution < 1.29 is 18.3 Å². The maximum Gasteiger partial charge on any atom is 0.212 e. The van der Waals surface area contributed by atoms with Gasteiger partial charge in [-0.05, 0) is 71.2 Å². The highest BCUT2D eigenvalue weighted by Gasteiger charge is 2.33. The third-order valence-electron chi connectivity index (χ3n) is 6.00. The molecule has 8 heteroatoms. The molecule has 0 aromatic heterocycles. The topological polar surface area (TPSA) is 82.1 Å². The largest absolute Gasteiger partial charge is 0.497 e. The number of nitrogens with one attached hydrogen (secondary N) is 1. The van der Waals surface area contributed by atoms with Gasteiger partial charge in [0.05, 0.1) is 25.0 Å². The van der Waals surface area contributed by atoms with E-state index < -0.39 is 15.6 Å². The Kier molecular flexibility index (Phi) is 7.43. The van der Waals surface area contributed by atoms with E-state index in [2.05, 4.69) is 22.4 Å². The third kappa shape index (κ3) is 6.79. The Morgan fingerprint density at radius 1 is 1.28 bits per heavy atom. The van der Waals surface area contributed by atoms with Gasteiger partial charge in [0, 0.05) is 19.1 Å². The number of nitrogens with zero attached hydrogens (tertiary/aromatic N) is 2. The molecular weight excluding hydrogens is 390 g/mol. The molecule has 3 rings (SSSR count). The zero-order valence-corrected chi connectivity index (χ0v) is 18.9. The Morgan fingerprint density at radius 3 is 2.59 bits per heavy atom. The monoisotopic (exact) mass is 427 g/mol. The number of sulfonamides is 1. The van der Waals surface area contributed by atoms with Gasteiger partial charge in [-0.15, -0.1) is 0 Å². The molecule has 1 fully saturated rings. The van der Waals surface area contributed by atoms with E-state index in [0.717, 1.165) is 51.2 Å². The first-order valence-corrected chi connectivity index (χ1v) is 12.6. The predicted molar refractivity (Wildman–Crippen MR) is 115 cm³/mol. The van der Waals surface area contributed by atoms with Crippen molar-refractivity contribution in [2.75, 3.05) is 52.1 Å². The Hall–Kier alpha value is -0.930. The van der Waals surface area contributed by atoms with Gasteiger partial charge >= 0.3 is 0 Å². The molecule has 3 heterocycles. The van der Waals surface area contributed by atoms with Crippen LogP contribution in [0.4, 0.5) is 0 Å². The fourth-order valence-electron chi connectivity index (χ4n) is 4.50. The molecule has 0 aromatic carbocycles. The van der Waals surface area contributed by atoms with Crippen molar-refractivity contribution in [3.05, 3.63) is 23.5 Å². The van der Waals surface area contributed by atoms with Crippen LogP contribution in [0.1, 0.15) is 39.5 Å². The Bertz CT molecular complexity index is 719. The Morgan fingerprint density at radius 2 is 2.00 bits per heavy atom. The van der Waals surface area contributed by atoms with Crippen molar-refractivity contribution in [3.8, 4) is 0 Å². The van der Waals surface area contributed by atoms with Crippen LogP contribution in [0.2, 0.25) is 0 Å². The fourth-order valence-corrected chi connectivity index (χ4v) is 5.55. The van der Waals surface area contributed by atoms with Gasteiger partial charge in [0.2, 0.25) is 10.0 Å². The summed E-state index contributed by atoms with van der Waals surface area (Å²) in [7, 11) is -3.30. The smallest absolute Gasteiger partial charge is 0.212 e. The van der Waals surface area contributed by atoms with Gasteiger partial charge in [-0.3, -0.25) is 0 Å². The van der Waals surface area contributed by atoms with Crippen LogP contribution in [-0.2, 0) is 14.8 Å². The van der Waals surface area contributed by atoms with E-state index in [4.69, 9.17) is 4.74 Å². The van der Waals surface area contributed by atoms with E-state index in [9.17, 15) is 13.5 Å². The standard InChI is InChI=1S/C21H37N3O4S/c1-21(2,25)16-23-12-8-17(9-13-23)15-28-19-4-5-20(18-6-10-22-11-7-18)24(14-19)29(3,26)27/h4,6,17,20,22,25H,5,7-16H2,1-3H3. The van der Waals surface area contributed by atoms with E-state index in [1.165, 1.54) is 11.8 Å². The highest BCUT2D eigenvalue weighted by Crippen LogP contribution is 2.28. The molecule has 7 nitrogen and oxygen atoms in total. The maximum atomic E-state index is 12.4. The fraction of sp³-hybridized carbons (Fsp3) is 0.810. The Labute approximate surface area is 175 Å². The molecule has 2 N–H and O–H groups in total. The van der Waals surface area contributed by atoms with Crippen molar-refractivity contribution >= 4 is 10.0 Å². The molecular formula is C21H37N3O4S. The first-order chi connectivity index (χ1) is 13.6. The highest BCUT2D eigenvalue weighted by molar-refractivity contribution is 7.88. The van der Waals surface area contributed by atoms with Crippen LogP contribution < -0.4 is 5.32 Å². The van der Waals surface area contributed by atoms with Crippen LogP contribution in [0.3, 0.4) is 0 Å². The van der Waals surface area contributed by atoms with Gasteiger partial charge in [-0.1, -0.05) is 11.6 Å². The molecule has 0 aliphatic carbocycles. The molecule has 1 unspecified atom stereocenters. The number of ether oxygens (including phenoxy) is 1. The number of rotatable bonds is 7. The van der Waals surface area contributed by atoms with Crippen molar-refractivity contribution in [1.82, 2.24) is 14.5 Å². The van der Waals surface area contributed by atoms with Crippen LogP contribution in [0.5, 0.6) is 0 Å². The quantitative estimate of drug-likeness (QED) is 0.597. The van der Waals surface area contributed by atoms with Crippen molar-refractivity contribution in [2.24, 2.45) is 5.92 Å². The van der Waals surface area contributed by atoms with Crippen LogP contribution >= 0.6 is 0 Å². The number of hydrogen-bond acceptors (Lipinski definition) is 6. The summed E-state index contributed by atoms with van der Waals surface area (Å²) in [4.78, 5) is 2.30. The minimum absolute atomic E-state index is 0.0791. The van der Waals surface area contributed by atoms with E-state index in [1.807, 2.05) is 13.8 Å². The van der Waals surface area contributed by atoms with Gasteiger partial charge < -0.3 is 20.1 Å². The van der Waals surface area contributed by atoms with Crippen LogP contribution in [0.15, 0.2) is 23.5 Å². The molecule has 0 radical (unpaired) electrons. The first-order valence-electron chi connectivity index (χ1n) is 10.7. The van der Waals surface area contributed by atoms with E-state index in [-0.39, 0.29) is 6.04 Å². The molecule has 3 aliphatic rings. The number of likely N-dealkylation sites (tertiary alicyclic amines) is 1. The van der Waals surface area contributed by atoms with Gasteiger partial charge in [0.25, 0.3) is 0 Å². The van der Waals surface area contributed by atoms with Crippen LogP contribution in [-0.4, -0.2) is 86.5 Å². The molecule has 0 bridgehead atoms. The average molecular weight is 428 g/mol. The number of β-amino-alcohol motifs (C(OH)–C–C–N with tert-alkyl or cyclic N) is 1. The van der Waals surface area contributed by atoms with Gasteiger partial charge in [0.15, 0.2) is 0 Å². The normalized spacial score (nSPS) is 26.1. The number of hydrogen-bond donors (Lipinski definition) is 2. The molecule has 1 atom stereocenters. The summed E-state index contributed by atoms with van der Waals surface area (Å²) in [5.41, 5.74) is 0.551. The second-order valence-corrected chi connectivity index (χ2v) is 11.2. The molecule has 3 aliphatic heterocycles. The van der Waals surface area contributed by atoms with Crippen molar-refractivity contribution in [3.63, 3.8) is 0 Å². The molecule has 0 saturated carbocycles. The molecule has 1 saturated heterocycles. The zero-order valence-electron chi connectivity index (χ0n) is 18.1. The lowest BCUT2D eigenvalue weighted by Gasteiger charge is -2.37. The summed E-state index contributed by atoms with van der Waals surface area (Å²) in [5.74, 6) is 1.26.